The molecule has 0 aliphatic carbocycles. The Labute approximate surface area is 192 Å². The van der Waals surface area contributed by atoms with E-state index in [1.165, 1.54) is 6.92 Å². The highest BCUT2D eigenvalue weighted by Gasteiger charge is 2.34. The Hall–Kier alpha value is -3.47. The summed E-state index contributed by atoms with van der Waals surface area (Å²) >= 11 is 0. The van der Waals surface area contributed by atoms with Crippen LogP contribution in [0.1, 0.15) is 33.9 Å². The fourth-order valence-electron chi connectivity index (χ4n) is 4.83. The van der Waals surface area contributed by atoms with Crippen molar-refractivity contribution < 1.29 is 18.0 Å². The van der Waals surface area contributed by atoms with E-state index in [0.29, 0.717) is 31.7 Å². The lowest BCUT2D eigenvalue weighted by molar-refractivity contribution is 0.0958. The number of piperazine rings is 1. The molecule has 0 radical (unpaired) electrons. The molecule has 2 aliphatic rings. The Morgan fingerprint density at radius 3 is 2.74 bits per heavy atom. The van der Waals surface area contributed by atoms with E-state index >= 15 is 4.39 Å². The van der Waals surface area contributed by atoms with Crippen molar-refractivity contribution in [2.24, 2.45) is 0 Å². The van der Waals surface area contributed by atoms with E-state index in [1.807, 2.05) is 11.0 Å². The molecule has 3 aromatic rings. The molecule has 0 saturated carbocycles. The molecule has 1 fully saturated rings. The number of anilines is 1. The van der Waals surface area contributed by atoms with E-state index < -0.39 is 39.6 Å². The van der Waals surface area contributed by atoms with Crippen molar-refractivity contribution in [3.63, 3.8) is 0 Å². The topological polar surface area (TPSA) is 94.2 Å². The Kier molecular flexibility index (Phi) is 5.51. The predicted molar refractivity (Wildman–Crippen MR) is 119 cm³/mol. The third-order valence-electron chi connectivity index (χ3n) is 6.62. The number of halogens is 3. The average molecular weight is 472 g/mol. The predicted octanol–water partition coefficient (Wildman–Crippen LogP) is 2.04. The molecular weight excluding hydrogens is 449 g/mol. The number of aromatic nitrogens is 3. The number of hydrogen-bond acceptors (Lipinski definition) is 6. The van der Waals surface area contributed by atoms with E-state index in [-0.39, 0.29) is 24.2 Å². The first-order chi connectivity index (χ1) is 16.3. The largest absolute Gasteiger partial charge is 0.364 e. The van der Waals surface area contributed by atoms with Gasteiger partial charge in [0.15, 0.2) is 17.5 Å². The van der Waals surface area contributed by atoms with Gasteiger partial charge in [0.1, 0.15) is 22.4 Å². The maximum atomic E-state index is 15.1. The summed E-state index contributed by atoms with van der Waals surface area (Å²) in [6.07, 6.45) is 1.44. The van der Waals surface area contributed by atoms with E-state index in [9.17, 15) is 18.4 Å². The van der Waals surface area contributed by atoms with E-state index in [4.69, 9.17) is 0 Å². The Bertz CT molecular complexity index is 1380. The van der Waals surface area contributed by atoms with Crippen LogP contribution in [0.15, 0.2) is 16.9 Å². The molecule has 11 heteroatoms. The number of carbonyl (C=O) groups excluding carboxylic acids is 1. The minimum atomic E-state index is -1.29. The lowest BCUT2D eigenvalue weighted by Crippen LogP contribution is -2.55. The van der Waals surface area contributed by atoms with Crippen molar-refractivity contribution in [3.8, 4) is 0 Å². The molecule has 5 rings (SSSR count). The first-order valence-corrected chi connectivity index (χ1v) is 11.1. The van der Waals surface area contributed by atoms with Crippen molar-refractivity contribution in [1.29, 1.82) is 0 Å². The van der Waals surface area contributed by atoms with Crippen molar-refractivity contribution in [2.75, 3.05) is 31.6 Å². The van der Waals surface area contributed by atoms with Gasteiger partial charge in [-0.05, 0) is 31.9 Å². The molecule has 34 heavy (non-hydrogen) atoms. The summed E-state index contributed by atoms with van der Waals surface area (Å²) in [5.74, 6) is -3.80. The van der Waals surface area contributed by atoms with E-state index in [0.717, 1.165) is 17.8 Å². The number of benzene rings is 1. The number of pyridine rings is 1. The standard InChI is InChI=1S/C23H23F3N6O2/c1-11-22(33)30-20-18(25)13(17(24)19(26)21(20)28-11)10-31-7-8-32-12(9-31)3-4-14-16(32)6-5-15(29-14)23(34)27-2/h5-6,12H,3-4,7-10H2,1-2H3,(H,27,34)(H,30,33)/t12-/m0/s1. The monoisotopic (exact) mass is 472 g/mol. The molecule has 8 nitrogen and oxygen atoms in total. The highest BCUT2D eigenvalue weighted by molar-refractivity contribution is 5.92. The number of nitrogens with one attached hydrogen (secondary N) is 2. The number of carbonyl (C=O) groups is 1. The molecule has 0 unspecified atom stereocenters. The van der Waals surface area contributed by atoms with Gasteiger partial charge in [-0.2, -0.15) is 0 Å². The van der Waals surface area contributed by atoms with Gasteiger partial charge in [-0.3, -0.25) is 14.5 Å². The number of fused-ring (bicyclic) bond motifs is 4. The van der Waals surface area contributed by atoms with Crippen molar-refractivity contribution in [1.82, 2.24) is 25.2 Å². The number of aromatic amines is 1. The van der Waals surface area contributed by atoms with Gasteiger partial charge < -0.3 is 15.2 Å². The van der Waals surface area contributed by atoms with Gasteiger partial charge in [-0.1, -0.05) is 0 Å². The van der Waals surface area contributed by atoms with Crippen molar-refractivity contribution in [2.45, 2.75) is 32.4 Å². The SMILES string of the molecule is CNC(=O)c1ccc2c(n1)CC[C@H]1CN(Cc3c(F)c(F)c4nc(C)c(=O)[nH]c4c3F)CCN21. The number of rotatable bonds is 3. The number of H-pyrrole nitrogens is 1. The number of aryl methyl sites for hydroxylation is 2. The smallest absolute Gasteiger partial charge is 0.269 e. The molecule has 2 aromatic heterocycles. The van der Waals surface area contributed by atoms with Crippen LogP contribution in [0.4, 0.5) is 18.9 Å². The van der Waals surface area contributed by atoms with Crippen LogP contribution >= 0.6 is 0 Å². The fraction of sp³-hybridized carbons (Fsp3) is 0.391. The molecule has 1 atom stereocenters. The Morgan fingerprint density at radius 2 is 1.97 bits per heavy atom. The quantitative estimate of drug-likeness (QED) is 0.567. The molecule has 2 N–H and O–H groups in total. The minimum Gasteiger partial charge on any atom is -0.364 e. The highest BCUT2D eigenvalue weighted by Crippen LogP contribution is 2.33. The van der Waals surface area contributed by atoms with Gasteiger partial charge in [0.2, 0.25) is 0 Å². The molecule has 0 bridgehead atoms. The lowest BCUT2D eigenvalue weighted by Gasteiger charge is -2.45. The lowest BCUT2D eigenvalue weighted by atomic mass is 9.96. The maximum absolute atomic E-state index is 15.1. The summed E-state index contributed by atoms with van der Waals surface area (Å²) in [4.78, 5) is 38.4. The average Bonchev–Trinajstić information content (AvgIpc) is 2.85. The van der Waals surface area contributed by atoms with Gasteiger partial charge in [0, 0.05) is 44.8 Å². The zero-order valence-electron chi connectivity index (χ0n) is 18.7. The summed E-state index contributed by atoms with van der Waals surface area (Å²) in [5, 5.41) is 2.57. The number of nitrogens with zero attached hydrogens (tertiary/aromatic N) is 4. The third kappa shape index (κ3) is 3.60. The normalized spacial score (nSPS) is 18.0. The first kappa shape index (κ1) is 22.3. The maximum Gasteiger partial charge on any atom is 0.269 e. The minimum absolute atomic E-state index is 0.0661. The molecule has 178 valence electrons. The van der Waals surface area contributed by atoms with Crippen LogP contribution in [0.5, 0.6) is 0 Å². The Morgan fingerprint density at radius 1 is 1.18 bits per heavy atom. The van der Waals surface area contributed by atoms with Crippen LogP contribution in [-0.4, -0.2) is 58.5 Å². The summed E-state index contributed by atoms with van der Waals surface area (Å²) < 4.78 is 44.6. The molecule has 0 spiro atoms. The van der Waals surface area contributed by atoms with Gasteiger partial charge in [-0.25, -0.2) is 23.1 Å². The second-order valence-electron chi connectivity index (χ2n) is 8.66. The molecule has 1 aromatic carbocycles. The summed E-state index contributed by atoms with van der Waals surface area (Å²) in [6, 6.07) is 3.67. The second kappa shape index (κ2) is 8.39. The molecule has 1 amide bonds. The number of amides is 1. The summed E-state index contributed by atoms with van der Waals surface area (Å²) in [7, 11) is 1.56. The van der Waals surface area contributed by atoms with Crippen LogP contribution in [-0.2, 0) is 13.0 Å². The third-order valence-corrected chi connectivity index (χ3v) is 6.62. The zero-order valence-corrected chi connectivity index (χ0v) is 18.7. The van der Waals surface area contributed by atoms with Crippen LogP contribution in [0.3, 0.4) is 0 Å². The van der Waals surface area contributed by atoms with Crippen LogP contribution in [0, 0.1) is 24.4 Å². The number of hydrogen-bond donors (Lipinski definition) is 2. The van der Waals surface area contributed by atoms with Crippen LogP contribution in [0.25, 0.3) is 11.0 Å². The fourth-order valence-corrected chi connectivity index (χ4v) is 4.83. The Balaban J connectivity index is 1.39. The van der Waals surface area contributed by atoms with Crippen molar-refractivity contribution in [3.05, 3.63) is 62.6 Å². The van der Waals surface area contributed by atoms with E-state index in [2.05, 4.69) is 25.2 Å². The molecular formula is C23H23F3N6O2. The summed E-state index contributed by atoms with van der Waals surface area (Å²) in [5.41, 5.74) is 0.0941. The second-order valence-corrected chi connectivity index (χ2v) is 8.66. The van der Waals surface area contributed by atoms with E-state index in [1.54, 1.807) is 13.1 Å². The van der Waals surface area contributed by atoms with Gasteiger partial charge in [0.25, 0.3) is 11.5 Å². The van der Waals surface area contributed by atoms with Gasteiger partial charge in [0.05, 0.1) is 11.4 Å². The zero-order chi connectivity index (χ0) is 24.1. The van der Waals surface area contributed by atoms with Crippen LogP contribution in [0.2, 0.25) is 0 Å². The van der Waals surface area contributed by atoms with Crippen LogP contribution < -0.4 is 15.8 Å². The van der Waals surface area contributed by atoms with Gasteiger partial charge in [-0.15, -0.1) is 0 Å². The van der Waals surface area contributed by atoms with Gasteiger partial charge >= 0.3 is 0 Å². The highest BCUT2D eigenvalue weighted by atomic mass is 19.2. The first-order valence-electron chi connectivity index (χ1n) is 11.1. The van der Waals surface area contributed by atoms with Crippen molar-refractivity contribution >= 4 is 22.6 Å². The summed E-state index contributed by atoms with van der Waals surface area (Å²) in [6.45, 7) is 2.82. The molecule has 4 heterocycles. The molecule has 2 aliphatic heterocycles. The molecule has 1 saturated heterocycles.